The monoisotopic (exact) mass is 448 g/mol. The molecule has 174 valence electrons. The van der Waals surface area contributed by atoms with Gasteiger partial charge in [0, 0.05) is 36.3 Å². The van der Waals surface area contributed by atoms with Gasteiger partial charge in [-0.05, 0) is 56.0 Å². The summed E-state index contributed by atoms with van der Waals surface area (Å²) in [5.41, 5.74) is 5.48. The Morgan fingerprint density at radius 1 is 1.18 bits per heavy atom. The van der Waals surface area contributed by atoms with E-state index >= 15 is 0 Å². The molecule has 0 bridgehead atoms. The number of aryl methyl sites for hydroxylation is 2. The van der Waals surface area contributed by atoms with Crippen LogP contribution in [-0.4, -0.2) is 35.8 Å². The second-order valence-corrected chi connectivity index (χ2v) is 8.56. The number of rotatable bonds is 10. The second-order valence-electron chi connectivity index (χ2n) is 8.56. The van der Waals surface area contributed by atoms with E-state index in [1.165, 1.54) is 11.1 Å². The Hall–Kier alpha value is -3.28. The summed E-state index contributed by atoms with van der Waals surface area (Å²) in [6.45, 7) is 6.03. The quantitative estimate of drug-likeness (QED) is 0.444. The first-order valence-electron chi connectivity index (χ1n) is 11.8. The third-order valence-corrected chi connectivity index (χ3v) is 6.13. The van der Waals surface area contributed by atoms with E-state index in [4.69, 9.17) is 19.2 Å². The van der Waals surface area contributed by atoms with E-state index in [0.29, 0.717) is 25.5 Å². The number of benzene rings is 2. The molecule has 6 nitrogen and oxygen atoms in total. The molecule has 0 unspecified atom stereocenters. The van der Waals surface area contributed by atoms with Crippen LogP contribution in [0.1, 0.15) is 48.8 Å². The molecule has 0 spiro atoms. The maximum Gasteiger partial charge on any atom is 0.305 e. The van der Waals surface area contributed by atoms with Crippen molar-refractivity contribution in [2.45, 2.75) is 52.4 Å². The molecule has 1 aliphatic heterocycles. The van der Waals surface area contributed by atoms with E-state index in [-0.39, 0.29) is 6.42 Å². The maximum absolute atomic E-state index is 11.0. The molecule has 0 saturated heterocycles. The standard InChI is InChI=1S/C27H32N2O4/c1-3-6-20-10-12-21(13-11-20)27-28-23(19(2)33-27)15-18-32-25-9-4-8-24-22(25)7-5-16-29(24)17-14-26(30)31/h4,8-13H,3,5-7,14-18H2,1-2H3,(H,30,31). The Morgan fingerprint density at radius 3 is 2.76 bits per heavy atom. The van der Waals surface area contributed by atoms with Crippen LogP contribution in [0.3, 0.4) is 0 Å². The van der Waals surface area contributed by atoms with Crippen LogP contribution in [-0.2, 0) is 24.1 Å². The molecule has 6 heteroatoms. The van der Waals surface area contributed by atoms with Gasteiger partial charge in [-0.15, -0.1) is 0 Å². The van der Waals surface area contributed by atoms with Gasteiger partial charge in [-0.2, -0.15) is 0 Å². The molecular formula is C27H32N2O4. The zero-order valence-electron chi connectivity index (χ0n) is 19.5. The molecule has 0 radical (unpaired) electrons. The van der Waals surface area contributed by atoms with Crippen molar-refractivity contribution in [1.29, 1.82) is 0 Å². The average Bonchev–Trinajstić information content (AvgIpc) is 3.19. The lowest BCUT2D eigenvalue weighted by atomic mass is 10.0. The largest absolute Gasteiger partial charge is 0.493 e. The molecule has 0 amide bonds. The highest BCUT2D eigenvalue weighted by Crippen LogP contribution is 2.34. The van der Waals surface area contributed by atoms with Crippen molar-refractivity contribution in [2.75, 3.05) is 24.6 Å². The zero-order chi connectivity index (χ0) is 23.2. The Morgan fingerprint density at radius 2 is 2.00 bits per heavy atom. The topological polar surface area (TPSA) is 75.8 Å². The number of carbonyl (C=O) groups is 1. The van der Waals surface area contributed by atoms with Crippen molar-refractivity contribution in [1.82, 2.24) is 4.98 Å². The molecule has 0 aliphatic carbocycles. The third kappa shape index (κ3) is 5.56. The van der Waals surface area contributed by atoms with Crippen molar-refractivity contribution in [3.05, 3.63) is 65.0 Å². The fraction of sp³-hybridized carbons (Fsp3) is 0.407. The maximum atomic E-state index is 11.0. The number of anilines is 1. The van der Waals surface area contributed by atoms with Gasteiger partial charge in [0.25, 0.3) is 0 Å². The van der Waals surface area contributed by atoms with Crippen molar-refractivity contribution >= 4 is 11.7 Å². The number of oxazole rings is 1. The summed E-state index contributed by atoms with van der Waals surface area (Å²) in [6, 6.07) is 14.5. The molecule has 33 heavy (non-hydrogen) atoms. The first-order chi connectivity index (χ1) is 16.0. The summed E-state index contributed by atoms with van der Waals surface area (Å²) in [6.07, 6.45) is 4.95. The van der Waals surface area contributed by atoms with E-state index in [9.17, 15) is 4.79 Å². The van der Waals surface area contributed by atoms with Crippen molar-refractivity contribution < 1.29 is 19.1 Å². The number of nitrogens with zero attached hydrogens (tertiary/aromatic N) is 2. The average molecular weight is 449 g/mol. The predicted molar refractivity (Wildman–Crippen MR) is 129 cm³/mol. The summed E-state index contributed by atoms with van der Waals surface area (Å²) in [5, 5.41) is 9.04. The van der Waals surface area contributed by atoms with Crippen LogP contribution < -0.4 is 9.64 Å². The van der Waals surface area contributed by atoms with Crippen LogP contribution in [0.2, 0.25) is 0 Å². The zero-order valence-corrected chi connectivity index (χ0v) is 19.5. The summed E-state index contributed by atoms with van der Waals surface area (Å²) in [7, 11) is 0. The van der Waals surface area contributed by atoms with Gasteiger partial charge in [0.2, 0.25) is 5.89 Å². The van der Waals surface area contributed by atoms with E-state index < -0.39 is 5.97 Å². The van der Waals surface area contributed by atoms with Gasteiger partial charge >= 0.3 is 5.97 Å². The van der Waals surface area contributed by atoms with Gasteiger partial charge in [-0.1, -0.05) is 31.5 Å². The van der Waals surface area contributed by atoms with E-state index in [1.807, 2.05) is 19.1 Å². The minimum atomic E-state index is -0.770. The van der Waals surface area contributed by atoms with Gasteiger partial charge in [-0.3, -0.25) is 4.79 Å². The lowest BCUT2D eigenvalue weighted by Crippen LogP contribution is -2.31. The molecule has 4 rings (SSSR count). The summed E-state index contributed by atoms with van der Waals surface area (Å²) < 4.78 is 12.1. The first kappa shape index (κ1) is 22.9. The summed E-state index contributed by atoms with van der Waals surface area (Å²) in [5.74, 6) is 1.58. The number of hydrogen-bond donors (Lipinski definition) is 1. The number of fused-ring (bicyclic) bond motifs is 1. The number of aliphatic carboxylic acids is 1. The van der Waals surface area contributed by atoms with Gasteiger partial charge < -0.3 is 19.2 Å². The van der Waals surface area contributed by atoms with Gasteiger partial charge in [-0.25, -0.2) is 4.98 Å². The molecule has 0 fully saturated rings. The highest BCUT2D eigenvalue weighted by molar-refractivity contribution is 5.68. The number of carboxylic acids is 1. The number of ether oxygens (including phenoxy) is 1. The van der Waals surface area contributed by atoms with Gasteiger partial charge in [0.15, 0.2) is 0 Å². The second kappa shape index (κ2) is 10.6. The van der Waals surface area contributed by atoms with Crippen LogP contribution >= 0.6 is 0 Å². The van der Waals surface area contributed by atoms with E-state index in [0.717, 1.165) is 60.7 Å². The Labute approximate surface area is 195 Å². The van der Waals surface area contributed by atoms with Gasteiger partial charge in [0.05, 0.1) is 18.7 Å². The van der Waals surface area contributed by atoms with Crippen molar-refractivity contribution in [2.24, 2.45) is 0 Å². The molecule has 1 aromatic heterocycles. The lowest BCUT2D eigenvalue weighted by molar-refractivity contribution is -0.136. The molecule has 1 aliphatic rings. The molecular weight excluding hydrogens is 416 g/mol. The highest BCUT2D eigenvalue weighted by Gasteiger charge is 2.21. The minimum Gasteiger partial charge on any atom is -0.493 e. The van der Waals surface area contributed by atoms with Crippen LogP contribution in [0.5, 0.6) is 5.75 Å². The first-order valence-corrected chi connectivity index (χ1v) is 11.8. The fourth-order valence-corrected chi connectivity index (χ4v) is 4.41. The fourth-order valence-electron chi connectivity index (χ4n) is 4.41. The number of hydrogen-bond acceptors (Lipinski definition) is 5. The van der Waals surface area contributed by atoms with E-state index in [2.05, 4.69) is 42.2 Å². The molecule has 0 atom stereocenters. The van der Waals surface area contributed by atoms with Crippen LogP contribution in [0.25, 0.3) is 11.5 Å². The van der Waals surface area contributed by atoms with Crippen LogP contribution in [0.15, 0.2) is 46.9 Å². The third-order valence-electron chi connectivity index (χ3n) is 6.13. The minimum absolute atomic E-state index is 0.139. The Kier molecular flexibility index (Phi) is 7.33. The van der Waals surface area contributed by atoms with E-state index in [1.54, 1.807) is 0 Å². The smallest absolute Gasteiger partial charge is 0.305 e. The molecule has 1 N–H and O–H groups in total. The summed E-state index contributed by atoms with van der Waals surface area (Å²) >= 11 is 0. The van der Waals surface area contributed by atoms with Crippen molar-refractivity contribution in [3.63, 3.8) is 0 Å². The molecule has 0 saturated carbocycles. The number of aromatic nitrogens is 1. The Bertz CT molecular complexity index is 1090. The lowest BCUT2D eigenvalue weighted by Gasteiger charge is -2.32. The molecule has 2 aromatic carbocycles. The van der Waals surface area contributed by atoms with Crippen LogP contribution in [0.4, 0.5) is 5.69 Å². The highest BCUT2D eigenvalue weighted by atomic mass is 16.5. The van der Waals surface area contributed by atoms with Crippen molar-refractivity contribution in [3.8, 4) is 17.2 Å². The molecule has 2 heterocycles. The SMILES string of the molecule is CCCc1ccc(-c2nc(CCOc3cccc4c3CCCN4CCC(=O)O)c(C)o2)cc1. The van der Waals surface area contributed by atoms with Gasteiger partial charge in [0.1, 0.15) is 11.5 Å². The van der Waals surface area contributed by atoms with Crippen LogP contribution in [0, 0.1) is 6.92 Å². The predicted octanol–water partition coefficient (Wildman–Crippen LogP) is 5.45. The normalized spacial score (nSPS) is 13.1. The summed E-state index contributed by atoms with van der Waals surface area (Å²) in [4.78, 5) is 17.9. The number of carboxylic acid groups (broad SMARTS) is 1. The molecule has 3 aromatic rings. The Balaban J connectivity index is 1.40.